The van der Waals surface area contributed by atoms with Gasteiger partial charge in [0, 0.05) is 19.1 Å². The summed E-state index contributed by atoms with van der Waals surface area (Å²) in [5.41, 5.74) is -0.837. The molecule has 1 atom stereocenters. The molecule has 0 N–H and O–H groups in total. The predicted octanol–water partition coefficient (Wildman–Crippen LogP) is 7.58. The van der Waals surface area contributed by atoms with Gasteiger partial charge in [-0.1, -0.05) is 64.0 Å². The molecule has 0 aromatic rings. The summed E-state index contributed by atoms with van der Waals surface area (Å²) in [5, 5.41) is 0. The van der Waals surface area contributed by atoms with Gasteiger partial charge in [-0.3, -0.25) is 0 Å². The Hall–Kier alpha value is -1.61. The second kappa shape index (κ2) is 17.9. The molecule has 38 heavy (non-hydrogen) atoms. The first-order chi connectivity index (χ1) is 18.4. The topological polar surface area (TPSA) is 54.0 Å². The van der Waals surface area contributed by atoms with Crippen molar-refractivity contribution < 1.29 is 23.7 Å². The van der Waals surface area contributed by atoms with Gasteiger partial charge in [-0.05, 0) is 76.5 Å². The second-order valence-corrected chi connectivity index (χ2v) is 11.3. The van der Waals surface area contributed by atoms with Gasteiger partial charge in [-0.2, -0.15) is 0 Å². The van der Waals surface area contributed by atoms with Crippen LogP contribution < -0.4 is 0 Å². The average Bonchev–Trinajstić information content (AvgIpc) is 2.94. The second-order valence-electron chi connectivity index (χ2n) is 11.3. The number of rotatable bonds is 17. The summed E-state index contributed by atoms with van der Waals surface area (Å²) in [5.74, 6) is 8.51. The molecule has 2 aliphatic carbocycles. The largest absolute Gasteiger partial charge is 0.462 e. The summed E-state index contributed by atoms with van der Waals surface area (Å²) in [6.45, 7) is 16.0. The smallest absolute Gasteiger partial charge is 0.330 e. The number of hydrogen-bond acceptors (Lipinski definition) is 5. The Labute approximate surface area is 233 Å². The minimum atomic E-state index is -0.439. The minimum Gasteiger partial charge on any atom is -0.462 e. The van der Waals surface area contributed by atoms with Crippen molar-refractivity contribution >= 4 is 5.97 Å². The van der Waals surface area contributed by atoms with Gasteiger partial charge >= 0.3 is 5.97 Å². The van der Waals surface area contributed by atoms with Gasteiger partial charge in [0.05, 0.1) is 25.9 Å². The molecule has 2 fully saturated rings. The Balaban J connectivity index is 2.09. The molecule has 0 aromatic heterocycles. The minimum absolute atomic E-state index is 0.0633. The predicted molar refractivity (Wildman–Crippen MR) is 155 cm³/mol. The molecular formula is C33H54O5. The molecule has 2 aliphatic rings. The molecule has 1 unspecified atom stereocenters. The van der Waals surface area contributed by atoms with Crippen LogP contribution in [0, 0.1) is 23.7 Å². The van der Waals surface area contributed by atoms with Crippen LogP contribution in [0.5, 0.6) is 0 Å². The van der Waals surface area contributed by atoms with Crippen molar-refractivity contribution in [2.24, 2.45) is 11.8 Å². The summed E-state index contributed by atoms with van der Waals surface area (Å²) in [6, 6.07) is 0. The molecule has 0 amide bonds. The Morgan fingerprint density at radius 3 is 1.74 bits per heavy atom. The zero-order valence-corrected chi connectivity index (χ0v) is 24.6. The van der Waals surface area contributed by atoms with Gasteiger partial charge in [0.1, 0.15) is 11.2 Å². The fourth-order valence-electron chi connectivity index (χ4n) is 5.74. The fourth-order valence-corrected chi connectivity index (χ4v) is 5.74. The molecule has 216 valence electrons. The van der Waals surface area contributed by atoms with E-state index in [4.69, 9.17) is 18.9 Å². The Morgan fingerprint density at radius 1 is 0.842 bits per heavy atom. The molecule has 0 aliphatic heterocycles. The molecule has 0 aromatic carbocycles. The van der Waals surface area contributed by atoms with Gasteiger partial charge in [0.25, 0.3) is 0 Å². The van der Waals surface area contributed by atoms with E-state index in [0.717, 1.165) is 56.8 Å². The lowest BCUT2D eigenvalue weighted by Crippen LogP contribution is -2.40. The van der Waals surface area contributed by atoms with E-state index in [1.54, 1.807) is 0 Å². The average molecular weight is 531 g/mol. The van der Waals surface area contributed by atoms with Crippen LogP contribution in [0.25, 0.3) is 0 Å². The van der Waals surface area contributed by atoms with E-state index >= 15 is 0 Å². The highest BCUT2D eigenvalue weighted by Crippen LogP contribution is 2.39. The molecule has 2 saturated carbocycles. The zero-order valence-electron chi connectivity index (χ0n) is 24.6. The lowest BCUT2D eigenvalue weighted by molar-refractivity contribution is -0.138. The summed E-state index contributed by atoms with van der Waals surface area (Å²) in [4.78, 5) is 11.4. The van der Waals surface area contributed by atoms with Gasteiger partial charge in [-0.15, -0.1) is 6.58 Å². The van der Waals surface area contributed by atoms with Crippen molar-refractivity contribution in [3.63, 3.8) is 0 Å². The number of esters is 1. The van der Waals surface area contributed by atoms with E-state index in [2.05, 4.69) is 38.8 Å². The molecule has 0 bridgehead atoms. The molecule has 0 heterocycles. The van der Waals surface area contributed by atoms with Crippen LogP contribution in [-0.2, 0) is 23.7 Å². The maximum Gasteiger partial charge on any atom is 0.330 e. The van der Waals surface area contributed by atoms with E-state index < -0.39 is 11.2 Å². The molecule has 5 heteroatoms. The third-order valence-electron chi connectivity index (χ3n) is 8.20. The molecule has 0 spiro atoms. The lowest BCUT2D eigenvalue weighted by atomic mass is 9.75. The van der Waals surface area contributed by atoms with E-state index in [9.17, 15) is 4.79 Å². The fraction of sp³-hybridized carbons (Fsp3) is 0.788. The van der Waals surface area contributed by atoms with Crippen LogP contribution in [0.4, 0.5) is 0 Å². The first-order valence-electron chi connectivity index (χ1n) is 15.3. The highest BCUT2D eigenvalue weighted by molar-refractivity contribution is 5.81. The molecule has 5 nitrogen and oxygen atoms in total. The summed E-state index contributed by atoms with van der Waals surface area (Å²) in [7, 11) is 0. The molecule has 0 saturated heterocycles. The number of hydrogen-bond donors (Lipinski definition) is 0. The van der Waals surface area contributed by atoms with Crippen LogP contribution >= 0.6 is 0 Å². The van der Waals surface area contributed by atoms with Gasteiger partial charge in [-0.25, -0.2) is 4.79 Å². The van der Waals surface area contributed by atoms with E-state index in [0.29, 0.717) is 32.8 Å². The quantitative estimate of drug-likeness (QED) is 0.0638. The standard InChI is InChI=1S/C33H54O5/c1-6-12-29-14-18-32(19-15-29,37-26-10-24-35-28(5)8-3)22-23-33(20-16-30(13-7-2)17-21-33)38-27-11-25-36-31(34)9-4/h8-9,28-30H,3-4,6-7,10-21,24-27H2,1-2,5H3. The number of carbonyl (C=O) groups is 1. The third-order valence-corrected chi connectivity index (χ3v) is 8.20. The van der Waals surface area contributed by atoms with Crippen molar-refractivity contribution in [3.05, 3.63) is 25.3 Å². The van der Waals surface area contributed by atoms with Crippen molar-refractivity contribution in [2.45, 2.75) is 128 Å². The van der Waals surface area contributed by atoms with Crippen LogP contribution in [0.3, 0.4) is 0 Å². The summed E-state index contributed by atoms with van der Waals surface area (Å²) in [6.07, 6.45) is 18.2. The van der Waals surface area contributed by atoms with E-state index in [-0.39, 0.29) is 12.1 Å². The van der Waals surface area contributed by atoms with Gasteiger partial charge in [0.15, 0.2) is 0 Å². The maximum absolute atomic E-state index is 11.4. The van der Waals surface area contributed by atoms with Gasteiger partial charge < -0.3 is 18.9 Å². The van der Waals surface area contributed by atoms with Crippen LogP contribution in [0.15, 0.2) is 25.3 Å². The Kier molecular flexibility index (Phi) is 15.3. The first-order valence-corrected chi connectivity index (χ1v) is 15.3. The lowest BCUT2D eigenvalue weighted by Gasteiger charge is -2.39. The SMILES string of the molecule is C=CC(=O)OCCCOC1(C#CC2(OCCCOC(C)C=C)CCC(CCC)CC2)CCC(CCC)CC1. The highest BCUT2D eigenvalue weighted by atomic mass is 16.5. The monoisotopic (exact) mass is 530 g/mol. The first kappa shape index (κ1) is 32.6. The molecule has 0 radical (unpaired) electrons. The Bertz CT molecular complexity index is 747. The van der Waals surface area contributed by atoms with Crippen LogP contribution in [0.2, 0.25) is 0 Å². The van der Waals surface area contributed by atoms with Crippen molar-refractivity contribution in [1.29, 1.82) is 0 Å². The van der Waals surface area contributed by atoms with E-state index in [1.165, 1.54) is 44.6 Å². The van der Waals surface area contributed by atoms with E-state index in [1.807, 2.05) is 13.0 Å². The van der Waals surface area contributed by atoms with Crippen molar-refractivity contribution in [2.75, 3.05) is 26.4 Å². The maximum atomic E-state index is 11.4. The highest BCUT2D eigenvalue weighted by Gasteiger charge is 2.38. The van der Waals surface area contributed by atoms with Crippen molar-refractivity contribution in [1.82, 2.24) is 0 Å². The van der Waals surface area contributed by atoms with Crippen molar-refractivity contribution in [3.8, 4) is 11.8 Å². The number of ether oxygens (including phenoxy) is 4. The van der Waals surface area contributed by atoms with Crippen LogP contribution in [-0.4, -0.2) is 49.7 Å². The normalized spacial score (nSPS) is 28.1. The molecular weight excluding hydrogens is 476 g/mol. The summed E-state index contributed by atoms with van der Waals surface area (Å²) < 4.78 is 24.0. The molecule has 2 rings (SSSR count). The van der Waals surface area contributed by atoms with Gasteiger partial charge in [0.2, 0.25) is 0 Å². The number of carbonyl (C=O) groups excluding carboxylic acids is 1. The zero-order chi connectivity index (χ0) is 27.7. The summed E-state index contributed by atoms with van der Waals surface area (Å²) >= 11 is 0. The third kappa shape index (κ3) is 11.6. The Morgan fingerprint density at radius 2 is 1.32 bits per heavy atom. The van der Waals surface area contributed by atoms with Crippen LogP contribution in [0.1, 0.15) is 111 Å².